The number of hydrogen-bond acceptors (Lipinski definition) is 3. The van der Waals surface area contributed by atoms with Gasteiger partial charge in [0.2, 0.25) is 11.8 Å². The van der Waals surface area contributed by atoms with E-state index >= 15 is 0 Å². The van der Waals surface area contributed by atoms with Crippen molar-refractivity contribution in [3.05, 3.63) is 0 Å². The van der Waals surface area contributed by atoms with Crippen LogP contribution in [0.5, 0.6) is 0 Å². The maximum atomic E-state index is 10.7. The summed E-state index contributed by atoms with van der Waals surface area (Å²) in [7, 11) is 0. The van der Waals surface area contributed by atoms with Gasteiger partial charge in [0.05, 0.1) is 5.25 Å². The first-order chi connectivity index (χ1) is 4.24. The molecule has 50 valence electrons. The monoisotopic (exact) mass is 145 g/mol. The fraction of sp³-hybridized carbons (Fsp3) is 0.600. The van der Waals surface area contributed by atoms with Gasteiger partial charge in [-0.1, -0.05) is 0 Å². The predicted octanol–water partition coefficient (Wildman–Crippen LogP) is -0.235. The molecule has 0 spiro atoms. The smallest absolute Gasteiger partial charge is 0.240 e. The third-order valence-corrected chi connectivity index (χ3v) is 2.16. The largest absolute Gasteiger partial charge is 0.295 e. The van der Waals surface area contributed by atoms with Gasteiger partial charge in [0.15, 0.2) is 0 Å². The number of carbonyl (C=O) groups excluding carboxylic acids is 2. The molecule has 0 aromatic carbocycles. The van der Waals surface area contributed by atoms with Gasteiger partial charge in [-0.3, -0.25) is 14.9 Å². The fourth-order valence-corrected chi connectivity index (χ4v) is 1.31. The molecule has 1 heterocycles. The van der Waals surface area contributed by atoms with Crippen LogP contribution in [-0.4, -0.2) is 23.3 Å². The zero-order valence-corrected chi connectivity index (χ0v) is 5.83. The van der Waals surface area contributed by atoms with Crippen molar-refractivity contribution >= 4 is 23.6 Å². The molecule has 2 amide bonds. The highest BCUT2D eigenvalue weighted by Crippen LogP contribution is 2.15. The van der Waals surface area contributed by atoms with E-state index in [0.717, 1.165) is 0 Å². The van der Waals surface area contributed by atoms with Gasteiger partial charge < -0.3 is 0 Å². The van der Waals surface area contributed by atoms with Crippen molar-refractivity contribution in [2.24, 2.45) is 0 Å². The Morgan fingerprint density at radius 3 is 2.56 bits per heavy atom. The number of amides is 2. The minimum Gasteiger partial charge on any atom is -0.295 e. The molecule has 0 bridgehead atoms. The molecule has 3 nitrogen and oxygen atoms in total. The van der Waals surface area contributed by atoms with Crippen LogP contribution in [0.2, 0.25) is 0 Å². The lowest BCUT2D eigenvalue weighted by molar-refractivity contribution is -0.124. The van der Waals surface area contributed by atoms with E-state index in [-0.39, 0.29) is 17.1 Å². The number of thioether (sulfide) groups is 1. The molecule has 0 aliphatic carbocycles. The van der Waals surface area contributed by atoms with Gasteiger partial charge in [0.1, 0.15) is 0 Å². The maximum absolute atomic E-state index is 10.7. The second-order valence-electron chi connectivity index (χ2n) is 1.84. The van der Waals surface area contributed by atoms with Gasteiger partial charge >= 0.3 is 0 Å². The van der Waals surface area contributed by atoms with Crippen molar-refractivity contribution in [3.8, 4) is 0 Å². The first-order valence-electron chi connectivity index (χ1n) is 2.60. The molecule has 0 aromatic rings. The third-order valence-electron chi connectivity index (χ3n) is 1.21. The van der Waals surface area contributed by atoms with E-state index in [1.165, 1.54) is 11.8 Å². The second kappa shape index (κ2) is 2.39. The van der Waals surface area contributed by atoms with Crippen LogP contribution in [0.1, 0.15) is 6.42 Å². The molecule has 1 atom stereocenters. The lowest BCUT2D eigenvalue weighted by Crippen LogP contribution is -2.22. The first-order valence-corrected chi connectivity index (χ1v) is 3.89. The number of rotatable bonds is 1. The molecule has 1 aliphatic heterocycles. The van der Waals surface area contributed by atoms with Crippen LogP contribution in [0.4, 0.5) is 0 Å². The standard InChI is InChI=1S/C5H7NO2S/c1-9-3-2-4(7)6-5(3)8/h3H,2H2,1H3,(H,6,7,8). The summed E-state index contributed by atoms with van der Waals surface area (Å²) in [6, 6.07) is 0. The topological polar surface area (TPSA) is 46.2 Å². The quantitative estimate of drug-likeness (QED) is 0.518. The van der Waals surface area contributed by atoms with E-state index in [0.29, 0.717) is 6.42 Å². The minimum absolute atomic E-state index is 0.141. The summed E-state index contributed by atoms with van der Waals surface area (Å²) in [6.45, 7) is 0. The SMILES string of the molecule is CSC1CC(=O)NC1=O. The van der Waals surface area contributed by atoms with E-state index in [2.05, 4.69) is 5.32 Å². The van der Waals surface area contributed by atoms with Crippen LogP contribution in [0.15, 0.2) is 0 Å². The van der Waals surface area contributed by atoms with Gasteiger partial charge in [-0.15, -0.1) is 0 Å². The van der Waals surface area contributed by atoms with E-state index < -0.39 is 0 Å². The third kappa shape index (κ3) is 1.24. The Labute approximate surface area is 57.2 Å². The summed E-state index contributed by atoms with van der Waals surface area (Å²) < 4.78 is 0. The van der Waals surface area contributed by atoms with Gasteiger partial charge in [-0.05, 0) is 6.26 Å². The van der Waals surface area contributed by atoms with Crippen molar-refractivity contribution in [2.45, 2.75) is 11.7 Å². The van der Waals surface area contributed by atoms with Crippen LogP contribution >= 0.6 is 11.8 Å². The molecule has 4 heteroatoms. The number of nitrogens with one attached hydrogen (secondary N) is 1. The van der Waals surface area contributed by atoms with Crippen molar-refractivity contribution in [1.82, 2.24) is 5.32 Å². The molecule has 0 aromatic heterocycles. The molecule has 1 N–H and O–H groups in total. The highest BCUT2D eigenvalue weighted by atomic mass is 32.2. The Bertz CT molecular complexity index is 157. The second-order valence-corrected chi connectivity index (χ2v) is 2.88. The van der Waals surface area contributed by atoms with E-state index in [9.17, 15) is 9.59 Å². The molecule has 1 unspecified atom stereocenters. The van der Waals surface area contributed by atoms with Crippen LogP contribution in [0.3, 0.4) is 0 Å². The number of carbonyl (C=O) groups is 2. The van der Waals surface area contributed by atoms with E-state index in [4.69, 9.17) is 0 Å². The molecule has 1 fully saturated rings. The van der Waals surface area contributed by atoms with Gasteiger partial charge in [-0.25, -0.2) is 0 Å². The first kappa shape index (κ1) is 6.61. The minimum atomic E-state index is -0.153. The predicted molar refractivity (Wildman–Crippen MR) is 35.1 cm³/mol. The molecule has 0 radical (unpaired) electrons. The maximum Gasteiger partial charge on any atom is 0.240 e. The Hall–Kier alpha value is -0.510. The Morgan fingerprint density at radius 2 is 2.33 bits per heavy atom. The molecule has 0 saturated carbocycles. The highest BCUT2D eigenvalue weighted by molar-refractivity contribution is 8.00. The van der Waals surface area contributed by atoms with E-state index in [1.54, 1.807) is 0 Å². The average Bonchev–Trinajstić information content (AvgIpc) is 2.10. The summed E-state index contributed by atoms with van der Waals surface area (Å²) in [5.41, 5.74) is 0. The van der Waals surface area contributed by atoms with Crippen LogP contribution < -0.4 is 5.32 Å². The molecule has 9 heavy (non-hydrogen) atoms. The summed E-state index contributed by atoms with van der Waals surface area (Å²) in [6.07, 6.45) is 2.17. The summed E-state index contributed by atoms with van der Waals surface area (Å²) >= 11 is 1.41. The normalized spacial score (nSPS) is 26.6. The Kier molecular flexibility index (Phi) is 1.75. The van der Waals surface area contributed by atoms with Crippen molar-refractivity contribution in [1.29, 1.82) is 0 Å². The fourth-order valence-electron chi connectivity index (χ4n) is 0.720. The van der Waals surface area contributed by atoms with Gasteiger partial charge in [-0.2, -0.15) is 11.8 Å². The van der Waals surface area contributed by atoms with Crippen LogP contribution in [-0.2, 0) is 9.59 Å². The van der Waals surface area contributed by atoms with Crippen molar-refractivity contribution < 1.29 is 9.59 Å². The molecule has 1 rings (SSSR count). The lowest BCUT2D eigenvalue weighted by atomic mass is 10.4. The molecular formula is C5H7NO2S. The lowest BCUT2D eigenvalue weighted by Gasteiger charge is -1.96. The van der Waals surface area contributed by atoms with Gasteiger partial charge in [0, 0.05) is 6.42 Å². The average molecular weight is 145 g/mol. The van der Waals surface area contributed by atoms with Crippen LogP contribution in [0, 0.1) is 0 Å². The number of hydrogen-bond donors (Lipinski definition) is 1. The zero-order valence-electron chi connectivity index (χ0n) is 5.01. The summed E-state index contributed by atoms with van der Waals surface area (Å²) in [4.78, 5) is 21.1. The molecular weight excluding hydrogens is 138 g/mol. The highest BCUT2D eigenvalue weighted by Gasteiger charge is 2.29. The molecule has 1 saturated heterocycles. The van der Waals surface area contributed by atoms with Gasteiger partial charge in [0.25, 0.3) is 0 Å². The summed E-state index contributed by atoms with van der Waals surface area (Å²) in [5, 5.41) is 2.08. The molecule has 1 aliphatic rings. The zero-order chi connectivity index (χ0) is 6.85. The van der Waals surface area contributed by atoms with Crippen LogP contribution in [0.25, 0.3) is 0 Å². The Balaban J connectivity index is 2.58. The van der Waals surface area contributed by atoms with Crippen molar-refractivity contribution in [3.63, 3.8) is 0 Å². The van der Waals surface area contributed by atoms with Crippen molar-refractivity contribution in [2.75, 3.05) is 6.26 Å². The summed E-state index contributed by atoms with van der Waals surface area (Å²) in [5.74, 6) is -0.299. The van der Waals surface area contributed by atoms with E-state index in [1.807, 2.05) is 6.26 Å². The Morgan fingerprint density at radius 1 is 1.67 bits per heavy atom. The number of imide groups is 1.